The van der Waals surface area contributed by atoms with Crippen LogP contribution in [0.4, 0.5) is 0 Å². The molecule has 0 fully saturated rings. The van der Waals surface area contributed by atoms with E-state index in [-0.39, 0.29) is 19.5 Å². The Morgan fingerprint density at radius 2 is 1.50 bits per heavy atom. The van der Waals surface area contributed by atoms with E-state index < -0.39 is 13.8 Å². The van der Waals surface area contributed by atoms with Gasteiger partial charge in [-0.2, -0.15) is 0 Å². The summed E-state index contributed by atoms with van der Waals surface area (Å²) in [5, 5.41) is 7.42. The zero-order chi connectivity index (χ0) is 8.08. The molecule has 0 rings (SSSR count). The maximum absolute atomic E-state index is 9.00. The summed E-state index contributed by atoms with van der Waals surface area (Å²) in [7, 11) is -4.89. The van der Waals surface area contributed by atoms with Crippen molar-refractivity contribution in [3.63, 3.8) is 0 Å². The van der Waals surface area contributed by atoms with Crippen molar-refractivity contribution in [1.29, 1.82) is 0 Å². The largest absolute Gasteiger partial charge is 0.756 e. The fraction of sp³-hybridized carbons (Fsp3) is 0.500. The summed E-state index contributed by atoms with van der Waals surface area (Å²) < 4.78 is 8.77. The molecule has 0 spiro atoms. The van der Waals surface area contributed by atoms with Gasteiger partial charge in [0.05, 0.1) is 0 Å². The molecular weight excluding hydrogens is 216 g/mol. The molecule has 0 amide bonds. The molecule has 0 heterocycles. The van der Waals surface area contributed by atoms with Gasteiger partial charge >= 0.3 is 0 Å². The van der Waals surface area contributed by atoms with Crippen LogP contribution in [0.25, 0.3) is 0 Å². The predicted octanol–water partition coefficient (Wildman–Crippen LogP) is -1.47. The van der Waals surface area contributed by atoms with Crippen LogP contribution in [0.1, 0.15) is 6.92 Å². The van der Waals surface area contributed by atoms with Crippen LogP contribution in [-0.2, 0) is 28.8 Å². The molecule has 0 saturated carbocycles. The predicted molar refractivity (Wildman–Crippen MR) is 25.4 cm³/mol. The van der Waals surface area contributed by atoms with Crippen molar-refractivity contribution in [3.8, 4) is 0 Å². The second-order valence-corrected chi connectivity index (χ2v) is 1.99. The standard InChI is InChI=1S/C2H4O2.H3O4P.Zn/c1-2(3)4;1-5(2,3)4;/h1H3,(H,3,4);(H3,1,2,3,4);/p-1. The van der Waals surface area contributed by atoms with Crippen molar-refractivity contribution in [2.45, 2.75) is 6.92 Å². The Morgan fingerprint density at radius 1 is 1.50 bits per heavy atom. The normalized spacial score (nSPS) is 8.40. The summed E-state index contributed by atoms with van der Waals surface area (Å²) in [5.74, 6) is -0.833. The fourth-order valence-corrected chi connectivity index (χ4v) is 0. The molecule has 0 unspecified atom stereocenters. The van der Waals surface area contributed by atoms with E-state index in [1.807, 2.05) is 0 Å². The first-order valence-electron chi connectivity index (χ1n) is 1.69. The number of carboxylic acids is 1. The monoisotopic (exact) mass is 221 g/mol. The molecule has 0 aliphatic carbocycles. The average molecular weight is 222 g/mol. The van der Waals surface area contributed by atoms with E-state index in [1.54, 1.807) is 0 Å². The zero-order valence-corrected chi connectivity index (χ0v) is 9.08. The van der Waals surface area contributed by atoms with Crippen LogP contribution in [-0.4, -0.2) is 20.9 Å². The van der Waals surface area contributed by atoms with Crippen molar-refractivity contribution in [3.05, 3.63) is 0 Å². The minimum Gasteiger partial charge on any atom is -0.756 e. The molecule has 0 aromatic rings. The summed E-state index contributed by atoms with van der Waals surface area (Å²) in [6.45, 7) is 1.08. The third kappa shape index (κ3) is 10300. The van der Waals surface area contributed by atoms with Crippen molar-refractivity contribution < 1.29 is 48.6 Å². The SMILES string of the molecule is CC(=O)O.O=P([O-])(O)O.[Zn]. The third-order valence-electron chi connectivity index (χ3n) is 0. The molecule has 0 aliphatic rings. The summed E-state index contributed by atoms with van der Waals surface area (Å²) in [6, 6.07) is 0. The summed E-state index contributed by atoms with van der Waals surface area (Å²) in [4.78, 5) is 31.9. The molecule has 0 aliphatic heterocycles. The minimum atomic E-state index is -4.89. The van der Waals surface area contributed by atoms with Gasteiger partial charge < -0.3 is 19.8 Å². The second-order valence-electron chi connectivity index (χ2n) is 1.01. The van der Waals surface area contributed by atoms with Crippen molar-refractivity contribution in [2.24, 2.45) is 0 Å². The van der Waals surface area contributed by atoms with Gasteiger partial charge in [-0.15, -0.1) is 0 Å². The molecule has 8 heteroatoms. The van der Waals surface area contributed by atoms with E-state index in [9.17, 15) is 0 Å². The molecule has 6 nitrogen and oxygen atoms in total. The molecule has 0 saturated heterocycles. The number of aliphatic carboxylic acids is 1. The van der Waals surface area contributed by atoms with Crippen LogP contribution in [0.15, 0.2) is 0 Å². The topological polar surface area (TPSA) is 118 Å². The number of rotatable bonds is 0. The molecular formula is C2H6O6PZn-. The van der Waals surface area contributed by atoms with Gasteiger partial charge in [0.15, 0.2) is 0 Å². The minimum absolute atomic E-state index is 0. The van der Waals surface area contributed by atoms with Gasteiger partial charge in [0.25, 0.3) is 13.8 Å². The molecule has 0 aromatic carbocycles. The average Bonchev–Trinajstić information content (AvgIpc) is 1.19. The van der Waals surface area contributed by atoms with Gasteiger partial charge in [-0.25, -0.2) is 0 Å². The van der Waals surface area contributed by atoms with Gasteiger partial charge in [-0.1, -0.05) is 0 Å². The molecule has 10 heavy (non-hydrogen) atoms. The van der Waals surface area contributed by atoms with E-state index in [0.717, 1.165) is 6.92 Å². The summed E-state index contributed by atoms with van der Waals surface area (Å²) in [5.41, 5.74) is 0. The van der Waals surface area contributed by atoms with E-state index in [4.69, 9.17) is 29.1 Å². The Kier molecular flexibility index (Phi) is 12.2. The van der Waals surface area contributed by atoms with E-state index in [0.29, 0.717) is 0 Å². The summed E-state index contributed by atoms with van der Waals surface area (Å²) in [6.07, 6.45) is 0. The number of hydrogen-bond donors (Lipinski definition) is 3. The molecule has 0 aromatic heterocycles. The fourth-order valence-electron chi connectivity index (χ4n) is 0. The molecule has 0 radical (unpaired) electrons. The van der Waals surface area contributed by atoms with Crippen LogP contribution in [0.3, 0.4) is 0 Å². The first kappa shape index (κ1) is 16.7. The first-order chi connectivity index (χ1) is 3.73. The van der Waals surface area contributed by atoms with Crippen molar-refractivity contribution in [1.82, 2.24) is 0 Å². The maximum Gasteiger partial charge on any atom is 0.300 e. The smallest absolute Gasteiger partial charge is 0.300 e. The Morgan fingerprint density at radius 3 is 1.50 bits per heavy atom. The quantitative estimate of drug-likeness (QED) is 0.340. The Hall–Kier alpha value is 0.203. The van der Waals surface area contributed by atoms with Gasteiger partial charge in [0, 0.05) is 26.4 Å². The Bertz CT molecular complexity index is 115. The van der Waals surface area contributed by atoms with Gasteiger partial charge in [0.1, 0.15) is 0 Å². The molecule has 0 atom stereocenters. The van der Waals surface area contributed by atoms with Crippen LogP contribution in [0.5, 0.6) is 0 Å². The zero-order valence-electron chi connectivity index (χ0n) is 5.22. The summed E-state index contributed by atoms with van der Waals surface area (Å²) >= 11 is 0. The third-order valence-corrected chi connectivity index (χ3v) is 0. The van der Waals surface area contributed by atoms with Crippen LogP contribution < -0.4 is 4.89 Å². The Labute approximate surface area is 69.9 Å². The van der Waals surface area contributed by atoms with Crippen molar-refractivity contribution in [2.75, 3.05) is 0 Å². The molecule has 0 bridgehead atoms. The van der Waals surface area contributed by atoms with Crippen LogP contribution in [0.2, 0.25) is 0 Å². The Balaban J connectivity index is -0.0000000910. The first-order valence-corrected chi connectivity index (χ1v) is 3.22. The van der Waals surface area contributed by atoms with Gasteiger partial charge in [-0.3, -0.25) is 9.36 Å². The van der Waals surface area contributed by atoms with Crippen LogP contribution in [0, 0.1) is 0 Å². The van der Waals surface area contributed by atoms with Crippen LogP contribution >= 0.6 is 7.82 Å². The number of phosphoric acid groups is 1. The molecule has 3 N–H and O–H groups in total. The van der Waals surface area contributed by atoms with Gasteiger partial charge in [-0.05, 0) is 0 Å². The van der Waals surface area contributed by atoms with E-state index >= 15 is 0 Å². The number of carboxylic acid groups (broad SMARTS) is 1. The molecule has 58 valence electrons. The number of hydrogen-bond acceptors (Lipinski definition) is 3. The van der Waals surface area contributed by atoms with E-state index in [1.165, 1.54) is 0 Å². The van der Waals surface area contributed by atoms with E-state index in [2.05, 4.69) is 0 Å². The maximum atomic E-state index is 9.00. The van der Waals surface area contributed by atoms with Gasteiger partial charge in [0.2, 0.25) is 0 Å². The van der Waals surface area contributed by atoms with Crippen molar-refractivity contribution >= 4 is 13.8 Å². The second kappa shape index (κ2) is 7.31. The number of carbonyl (C=O) groups is 1.